The Morgan fingerprint density at radius 2 is 1.74 bits per heavy atom. The number of nitrogen functional groups attached to an aromatic ring is 1. The highest BCUT2D eigenvalue weighted by molar-refractivity contribution is 5.40. The summed E-state index contributed by atoms with van der Waals surface area (Å²) in [4.78, 5) is 0. The molecule has 2 rings (SSSR count). The summed E-state index contributed by atoms with van der Waals surface area (Å²) in [6, 6.07) is 8.50. The van der Waals surface area contributed by atoms with Gasteiger partial charge in [-0.15, -0.1) is 6.58 Å². The van der Waals surface area contributed by atoms with Gasteiger partial charge in [-0.2, -0.15) is 0 Å². The lowest BCUT2D eigenvalue weighted by Crippen LogP contribution is -2.13. The Bertz CT molecular complexity index is 371. The molecule has 1 saturated carbocycles. The average Bonchev–Trinajstić information content (AvgIpc) is 2.45. The van der Waals surface area contributed by atoms with E-state index < -0.39 is 0 Å². The summed E-state index contributed by atoms with van der Waals surface area (Å²) in [6.07, 6.45) is 12.9. The molecular weight excluding hydrogens is 230 g/mol. The van der Waals surface area contributed by atoms with Crippen molar-refractivity contribution in [1.82, 2.24) is 0 Å². The van der Waals surface area contributed by atoms with Crippen LogP contribution in [0.4, 0.5) is 5.69 Å². The molecule has 19 heavy (non-hydrogen) atoms. The summed E-state index contributed by atoms with van der Waals surface area (Å²) in [6.45, 7) is 3.79. The summed E-state index contributed by atoms with van der Waals surface area (Å²) in [5.74, 6) is 1.74. The molecule has 1 aromatic rings. The van der Waals surface area contributed by atoms with Crippen LogP contribution < -0.4 is 5.73 Å². The quantitative estimate of drug-likeness (QED) is 0.418. The van der Waals surface area contributed by atoms with Gasteiger partial charge in [-0.1, -0.05) is 31.1 Å². The number of rotatable bonds is 6. The van der Waals surface area contributed by atoms with Crippen molar-refractivity contribution in [2.45, 2.75) is 57.3 Å². The third-order valence-corrected chi connectivity index (χ3v) is 4.53. The van der Waals surface area contributed by atoms with Crippen molar-refractivity contribution in [1.29, 1.82) is 0 Å². The topological polar surface area (TPSA) is 26.0 Å². The Morgan fingerprint density at radius 3 is 2.37 bits per heavy atom. The first-order valence-electron chi connectivity index (χ1n) is 7.76. The number of allylic oxidation sites excluding steroid dienone is 1. The van der Waals surface area contributed by atoms with E-state index >= 15 is 0 Å². The highest BCUT2D eigenvalue weighted by atomic mass is 14.5. The largest absolute Gasteiger partial charge is 0.399 e. The zero-order chi connectivity index (χ0) is 13.5. The first kappa shape index (κ1) is 14.2. The van der Waals surface area contributed by atoms with Crippen LogP contribution >= 0.6 is 0 Å². The summed E-state index contributed by atoms with van der Waals surface area (Å²) < 4.78 is 0. The van der Waals surface area contributed by atoms with E-state index in [1.54, 1.807) is 0 Å². The van der Waals surface area contributed by atoms with Crippen LogP contribution in [0, 0.1) is 5.92 Å². The molecular formula is C18H27N. The predicted octanol–water partition coefficient (Wildman–Crippen LogP) is 5.29. The minimum absolute atomic E-state index is 0.769. The first-order valence-corrected chi connectivity index (χ1v) is 7.76. The molecule has 0 amide bonds. The van der Waals surface area contributed by atoms with Gasteiger partial charge in [0.25, 0.3) is 0 Å². The Morgan fingerprint density at radius 1 is 1.05 bits per heavy atom. The molecule has 104 valence electrons. The zero-order valence-electron chi connectivity index (χ0n) is 12.0. The fourth-order valence-corrected chi connectivity index (χ4v) is 3.27. The van der Waals surface area contributed by atoms with Gasteiger partial charge in [0.1, 0.15) is 0 Å². The normalized spacial score (nSPS) is 23.2. The zero-order valence-corrected chi connectivity index (χ0v) is 12.0. The standard InChI is InChI=1S/C18H27N/c1-2-3-4-5-6-15-7-9-16(10-8-15)17-11-13-18(19)14-12-17/h2,11-16H,1,3-10,19H2. The molecule has 1 aromatic carbocycles. The van der Waals surface area contributed by atoms with Gasteiger partial charge in [0.2, 0.25) is 0 Å². The van der Waals surface area contributed by atoms with E-state index in [1.165, 1.54) is 56.9 Å². The van der Waals surface area contributed by atoms with E-state index in [2.05, 4.69) is 18.7 Å². The molecule has 0 heterocycles. The third kappa shape index (κ3) is 4.41. The summed E-state index contributed by atoms with van der Waals surface area (Å²) in [5, 5.41) is 0. The molecule has 0 bridgehead atoms. The highest BCUT2D eigenvalue weighted by Crippen LogP contribution is 2.37. The molecule has 0 aromatic heterocycles. The van der Waals surface area contributed by atoms with Gasteiger partial charge in [-0.25, -0.2) is 0 Å². The van der Waals surface area contributed by atoms with Gasteiger partial charge in [0.15, 0.2) is 0 Å². The number of unbranched alkanes of at least 4 members (excludes halogenated alkanes) is 2. The van der Waals surface area contributed by atoms with Crippen molar-refractivity contribution in [3.05, 3.63) is 42.5 Å². The van der Waals surface area contributed by atoms with E-state index in [9.17, 15) is 0 Å². The smallest absolute Gasteiger partial charge is 0.0314 e. The molecule has 0 spiro atoms. The van der Waals surface area contributed by atoms with Gasteiger partial charge in [-0.3, -0.25) is 0 Å². The molecule has 0 radical (unpaired) electrons. The second-order valence-electron chi connectivity index (χ2n) is 5.96. The van der Waals surface area contributed by atoms with Crippen molar-refractivity contribution >= 4 is 5.69 Å². The van der Waals surface area contributed by atoms with Crippen LogP contribution in [-0.2, 0) is 0 Å². The monoisotopic (exact) mass is 257 g/mol. The number of nitrogens with two attached hydrogens (primary N) is 1. The van der Waals surface area contributed by atoms with Gasteiger partial charge < -0.3 is 5.73 Å². The molecule has 0 unspecified atom stereocenters. The van der Waals surface area contributed by atoms with Crippen molar-refractivity contribution in [2.75, 3.05) is 5.73 Å². The van der Waals surface area contributed by atoms with Crippen LogP contribution in [0.3, 0.4) is 0 Å². The van der Waals surface area contributed by atoms with Crippen LogP contribution in [0.25, 0.3) is 0 Å². The second-order valence-corrected chi connectivity index (χ2v) is 5.96. The second kappa shape index (κ2) is 7.37. The van der Waals surface area contributed by atoms with E-state index in [0.717, 1.165) is 17.5 Å². The molecule has 0 saturated heterocycles. The van der Waals surface area contributed by atoms with Crippen molar-refractivity contribution < 1.29 is 0 Å². The molecule has 0 aliphatic heterocycles. The minimum atomic E-state index is 0.769. The molecule has 1 aliphatic carbocycles. The molecule has 0 atom stereocenters. The van der Waals surface area contributed by atoms with E-state index in [0.29, 0.717) is 0 Å². The maximum Gasteiger partial charge on any atom is 0.0314 e. The third-order valence-electron chi connectivity index (χ3n) is 4.53. The summed E-state index contributed by atoms with van der Waals surface area (Å²) in [5.41, 5.74) is 8.11. The lowest BCUT2D eigenvalue weighted by atomic mass is 9.77. The van der Waals surface area contributed by atoms with Crippen molar-refractivity contribution in [2.24, 2.45) is 5.92 Å². The van der Waals surface area contributed by atoms with Crippen LogP contribution in [-0.4, -0.2) is 0 Å². The summed E-state index contributed by atoms with van der Waals surface area (Å²) >= 11 is 0. The SMILES string of the molecule is C=CCCCCC1CCC(c2ccc(N)cc2)CC1. The fraction of sp³-hybridized carbons (Fsp3) is 0.556. The first-order chi connectivity index (χ1) is 9.29. The van der Waals surface area contributed by atoms with E-state index in [4.69, 9.17) is 5.73 Å². The molecule has 1 heteroatoms. The number of hydrogen-bond acceptors (Lipinski definition) is 1. The maximum absolute atomic E-state index is 5.75. The Labute approximate surface area is 117 Å². The molecule has 2 N–H and O–H groups in total. The van der Waals surface area contributed by atoms with E-state index in [1.807, 2.05) is 18.2 Å². The minimum Gasteiger partial charge on any atom is -0.399 e. The van der Waals surface area contributed by atoms with Crippen LogP contribution in [0.5, 0.6) is 0 Å². The van der Waals surface area contributed by atoms with Crippen LogP contribution in [0.1, 0.15) is 62.8 Å². The Hall–Kier alpha value is -1.24. The number of anilines is 1. The number of hydrogen-bond donors (Lipinski definition) is 1. The highest BCUT2D eigenvalue weighted by Gasteiger charge is 2.21. The summed E-state index contributed by atoms with van der Waals surface area (Å²) in [7, 11) is 0. The Kier molecular flexibility index (Phi) is 5.50. The van der Waals surface area contributed by atoms with Gasteiger partial charge in [-0.05, 0) is 68.1 Å². The molecule has 1 aliphatic rings. The van der Waals surface area contributed by atoms with Crippen LogP contribution in [0.15, 0.2) is 36.9 Å². The van der Waals surface area contributed by atoms with Crippen LogP contribution in [0.2, 0.25) is 0 Å². The van der Waals surface area contributed by atoms with Crippen molar-refractivity contribution in [3.8, 4) is 0 Å². The molecule has 1 nitrogen and oxygen atoms in total. The van der Waals surface area contributed by atoms with Gasteiger partial charge >= 0.3 is 0 Å². The number of benzene rings is 1. The maximum atomic E-state index is 5.75. The van der Waals surface area contributed by atoms with Gasteiger partial charge in [0, 0.05) is 5.69 Å². The predicted molar refractivity (Wildman–Crippen MR) is 84.2 cm³/mol. The van der Waals surface area contributed by atoms with Gasteiger partial charge in [0.05, 0.1) is 0 Å². The Balaban J connectivity index is 1.73. The van der Waals surface area contributed by atoms with Crippen molar-refractivity contribution in [3.63, 3.8) is 0 Å². The van der Waals surface area contributed by atoms with E-state index in [-0.39, 0.29) is 0 Å². The molecule has 1 fully saturated rings. The fourth-order valence-electron chi connectivity index (χ4n) is 3.27. The lowest BCUT2D eigenvalue weighted by Gasteiger charge is -2.29. The average molecular weight is 257 g/mol. The lowest BCUT2D eigenvalue weighted by molar-refractivity contribution is 0.303.